The molecule has 0 aromatic heterocycles. The van der Waals surface area contributed by atoms with E-state index in [4.69, 9.17) is 17.0 Å². The Morgan fingerprint density at radius 2 is 1.70 bits per heavy atom. The van der Waals surface area contributed by atoms with Crippen molar-refractivity contribution in [2.24, 2.45) is 0 Å². The van der Waals surface area contributed by atoms with Crippen LogP contribution in [0.2, 0.25) is 0 Å². The Morgan fingerprint density at radius 1 is 1.05 bits per heavy atom. The van der Waals surface area contributed by atoms with Gasteiger partial charge in [0.15, 0.2) is 0 Å². The van der Waals surface area contributed by atoms with E-state index in [9.17, 15) is 23.3 Å². The number of alkyl halides is 3. The molecule has 2 aliphatic heterocycles. The molecule has 2 saturated heterocycles. The summed E-state index contributed by atoms with van der Waals surface area (Å²) < 4.78 is 45.6. The zero-order chi connectivity index (χ0) is 28.0. The molecule has 220 valence electrons. The monoisotopic (exact) mass is 579 g/mol. The predicted molar refractivity (Wildman–Crippen MR) is 156 cm³/mol. The van der Waals surface area contributed by atoms with Crippen LogP contribution in [0.3, 0.4) is 0 Å². The topological polar surface area (TPSA) is 58.8 Å². The number of halogens is 3. The molecule has 0 saturated carbocycles. The van der Waals surface area contributed by atoms with E-state index in [2.05, 4.69) is 41.0 Å². The number of aryl methyl sites for hydroxylation is 1. The first-order chi connectivity index (χ1) is 18.6. The summed E-state index contributed by atoms with van der Waals surface area (Å²) in [5.74, 6) is 0.611. The first-order valence-corrected chi connectivity index (χ1v) is 14.2. The lowest BCUT2D eigenvalue weighted by Gasteiger charge is -2.36. The summed E-state index contributed by atoms with van der Waals surface area (Å²) in [6.07, 6.45) is 1.58. The van der Waals surface area contributed by atoms with Gasteiger partial charge in [-0.25, -0.2) is 0 Å². The third-order valence-electron chi connectivity index (χ3n) is 7.79. The number of nitro groups is 1. The first-order valence-electron chi connectivity index (χ1n) is 13.7. The molecule has 2 aromatic rings. The molecule has 2 aliphatic rings. The molecule has 0 amide bonds. The minimum atomic E-state index is -4.83. The van der Waals surface area contributed by atoms with Crippen LogP contribution in [0.4, 0.5) is 18.9 Å². The lowest BCUT2D eigenvalue weighted by atomic mass is 9.88. The van der Waals surface area contributed by atoms with Gasteiger partial charge in [0.25, 0.3) is 5.69 Å². The van der Waals surface area contributed by atoms with Gasteiger partial charge in [0.2, 0.25) is 0 Å². The Labute approximate surface area is 240 Å². The van der Waals surface area contributed by atoms with Crippen LogP contribution in [0.5, 0.6) is 5.75 Å². The van der Waals surface area contributed by atoms with E-state index >= 15 is 0 Å². The Bertz CT molecular complexity index is 1130. The van der Waals surface area contributed by atoms with Crippen molar-refractivity contribution in [3.05, 3.63) is 69.3 Å². The number of hydrogen-bond donors (Lipinski definition) is 0. The van der Waals surface area contributed by atoms with Gasteiger partial charge < -0.3 is 14.5 Å². The van der Waals surface area contributed by atoms with Crippen molar-refractivity contribution >= 4 is 22.9 Å². The van der Waals surface area contributed by atoms with Crippen LogP contribution in [-0.4, -0.2) is 58.5 Å². The number of piperidine rings is 2. The SMILES string of the molecule is C.CCCc1ccc(C2CCN(CCC(=S)N3CCC(Oc4ccc([N+](=O)[O-])c(C(F)(F)F)c4)CC3)CC2)cc1. The number of nitrogens with zero attached hydrogens (tertiary/aromatic N) is 3. The van der Waals surface area contributed by atoms with Crippen molar-refractivity contribution in [3.63, 3.8) is 0 Å². The van der Waals surface area contributed by atoms with Gasteiger partial charge in [-0.15, -0.1) is 0 Å². The third kappa shape index (κ3) is 8.39. The van der Waals surface area contributed by atoms with E-state index < -0.39 is 22.4 Å². The molecule has 2 heterocycles. The first kappa shape index (κ1) is 31.8. The van der Waals surface area contributed by atoms with Gasteiger partial charge >= 0.3 is 6.18 Å². The van der Waals surface area contributed by atoms with Gasteiger partial charge in [-0.3, -0.25) is 10.1 Å². The highest BCUT2D eigenvalue weighted by molar-refractivity contribution is 7.80. The number of rotatable bonds is 9. The van der Waals surface area contributed by atoms with Crippen molar-refractivity contribution in [2.75, 3.05) is 32.7 Å². The van der Waals surface area contributed by atoms with Gasteiger partial charge in [-0.2, -0.15) is 13.2 Å². The van der Waals surface area contributed by atoms with Crippen LogP contribution in [0.25, 0.3) is 0 Å². The molecule has 0 spiro atoms. The van der Waals surface area contributed by atoms with Gasteiger partial charge in [-0.05, 0) is 61.5 Å². The molecule has 2 aromatic carbocycles. The van der Waals surface area contributed by atoms with Crippen molar-refractivity contribution < 1.29 is 22.8 Å². The van der Waals surface area contributed by atoms with Gasteiger partial charge in [0.1, 0.15) is 17.4 Å². The maximum Gasteiger partial charge on any atom is 0.423 e. The molecule has 2 fully saturated rings. The highest BCUT2D eigenvalue weighted by Crippen LogP contribution is 2.38. The maximum absolute atomic E-state index is 13.3. The zero-order valence-corrected chi connectivity index (χ0v) is 23.1. The average Bonchev–Trinajstić information content (AvgIpc) is 2.92. The molecule has 0 N–H and O–H groups in total. The highest BCUT2D eigenvalue weighted by Gasteiger charge is 2.39. The standard InChI is InChI=1S/C29H36F3N3O3S.CH4/c1-2-3-21-4-6-22(7-5-21)23-10-15-33(16-11-23)17-14-28(39)34-18-12-24(13-19-34)38-25-8-9-27(35(36)37)26(20-25)29(30,31)32;/h4-9,20,23-24H,2-3,10-19H2,1H3;1H4. The van der Waals surface area contributed by atoms with Crippen LogP contribution in [-0.2, 0) is 12.6 Å². The molecular weight excluding hydrogens is 539 g/mol. The van der Waals surface area contributed by atoms with E-state index in [-0.39, 0.29) is 19.3 Å². The Balaban J connectivity index is 0.00000441. The minimum absolute atomic E-state index is 0. The summed E-state index contributed by atoms with van der Waals surface area (Å²) in [4.78, 5) is 15.5. The van der Waals surface area contributed by atoms with E-state index in [1.54, 1.807) is 0 Å². The number of benzene rings is 2. The van der Waals surface area contributed by atoms with Crippen molar-refractivity contribution in [1.82, 2.24) is 9.80 Å². The largest absolute Gasteiger partial charge is 0.490 e. The fourth-order valence-corrected chi connectivity index (χ4v) is 5.81. The Hall–Kier alpha value is -2.72. The number of ether oxygens (including phenoxy) is 1. The molecule has 40 heavy (non-hydrogen) atoms. The van der Waals surface area contributed by atoms with Crippen molar-refractivity contribution in [1.29, 1.82) is 0 Å². The molecule has 0 unspecified atom stereocenters. The summed E-state index contributed by atoms with van der Waals surface area (Å²) in [5.41, 5.74) is 0.584. The van der Waals surface area contributed by atoms with Gasteiger partial charge in [-0.1, -0.05) is 57.3 Å². The summed E-state index contributed by atoms with van der Waals surface area (Å²) >= 11 is 5.71. The number of hydrogen-bond acceptors (Lipinski definition) is 5. The minimum Gasteiger partial charge on any atom is -0.490 e. The number of thiocarbonyl (C=S) groups is 1. The van der Waals surface area contributed by atoms with E-state index in [1.165, 1.54) is 23.6 Å². The molecule has 6 nitrogen and oxygen atoms in total. The molecule has 10 heteroatoms. The van der Waals surface area contributed by atoms with Gasteiger partial charge in [0.05, 0.1) is 9.91 Å². The molecule has 0 bridgehead atoms. The number of nitro benzene ring substituents is 1. The summed E-state index contributed by atoms with van der Waals surface area (Å²) in [5, 5.41) is 11.0. The van der Waals surface area contributed by atoms with Crippen LogP contribution in [0.1, 0.15) is 75.5 Å². The normalized spacial score (nSPS) is 17.4. The van der Waals surface area contributed by atoms with E-state index in [1.807, 2.05) is 0 Å². The van der Waals surface area contributed by atoms with Crippen LogP contribution < -0.4 is 4.74 Å². The third-order valence-corrected chi connectivity index (χ3v) is 8.25. The van der Waals surface area contributed by atoms with Crippen molar-refractivity contribution in [3.8, 4) is 5.75 Å². The summed E-state index contributed by atoms with van der Waals surface area (Å²) in [6.45, 7) is 6.62. The molecule has 4 rings (SSSR count). The lowest BCUT2D eigenvalue weighted by molar-refractivity contribution is -0.388. The van der Waals surface area contributed by atoms with Crippen LogP contribution in [0, 0.1) is 10.1 Å². The predicted octanol–water partition coefficient (Wildman–Crippen LogP) is 7.64. The molecule has 0 atom stereocenters. The second-order valence-corrected chi connectivity index (χ2v) is 11.0. The molecular formula is C30H40F3N3O3S. The fraction of sp³-hybridized carbons (Fsp3) is 0.567. The average molecular weight is 580 g/mol. The summed E-state index contributed by atoms with van der Waals surface area (Å²) in [6, 6.07) is 11.9. The van der Waals surface area contributed by atoms with Gasteiger partial charge in [0, 0.05) is 45.0 Å². The van der Waals surface area contributed by atoms with E-state index in [0.29, 0.717) is 31.8 Å². The maximum atomic E-state index is 13.3. The Kier molecular flexibility index (Phi) is 11.3. The quantitative estimate of drug-likeness (QED) is 0.173. The lowest BCUT2D eigenvalue weighted by Crippen LogP contribution is -2.42. The van der Waals surface area contributed by atoms with E-state index in [0.717, 1.165) is 62.4 Å². The second-order valence-electron chi connectivity index (χ2n) is 10.5. The van der Waals surface area contributed by atoms with Crippen molar-refractivity contribution in [2.45, 2.75) is 77.5 Å². The summed E-state index contributed by atoms with van der Waals surface area (Å²) in [7, 11) is 0. The Morgan fingerprint density at radius 3 is 2.27 bits per heavy atom. The molecule has 0 radical (unpaired) electrons. The number of likely N-dealkylation sites (tertiary alicyclic amines) is 2. The van der Waals surface area contributed by atoms with Crippen LogP contribution in [0.15, 0.2) is 42.5 Å². The highest BCUT2D eigenvalue weighted by atomic mass is 32.1. The second kappa shape index (κ2) is 14.3. The fourth-order valence-electron chi connectivity index (χ4n) is 5.54. The zero-order valence-electron chi connectivity index (χ0n) is 22.3. The van der Waals surface area contributed by atoms with Crippen LogP contribution >= 0.6 is 12.2 Å². The molecule has 0 aliphatic carbocycles. The smallest absolute Gasteiger partial charge is 0.423 e.